The average molecular weight is 324 g/mol. The molecule has 0 unspecified atom stereocenters. The first-order valence-electron chi connectivity index (χ1n) is 6.09. The molecule has 0 bridgehead atoms. The quantitative estimate of drug-likeness (QED) is 0.937. The van der Waals surface area contributed by atoms with Gasteiger partial charge in [0, 0.05) is 23.8 Å². The zero-order valence-corrected chi connectivity index (χ0v) is 13.2. The molecule has 0 saturated heterocycles. The Labute approximate surface area is 121 Å². The smallest absolute Gasteiger partial charge is 0.216 e. The van der Waals surface area contributed by atoms with Gasteiger partial charge in [-0.2, -0.15) is 5.10 Å². The first-order valence-corrected chi connectivity index (χ1v) is 6.88. The second-order valence-electron chi connectivity index (χ2n) is 4.51. The molecular formula is C14H18BrN3O. The molecule has 0 aliphatic rings. The summed E-state index contributed by atoms with van der Waals surface area (Å²) in [6.45, 7) is 4.78. The lowest BCUT2D eigenvalue weighted by molar-refractivity contribution is 0.370. The Morgan fingerprint density at radius 3 is 2.74 bits per heavy atom. The van der Waals surface area contributed by atoms with Crippen molar-refractivity contribution in [2.45, 2.75) is 20.4 Å². The molecule has 5 heteroatoms. The third-order valence-corrected chi connectivity index (χ3v) is 3.62. The van der Waals surface area contributed by atoms with Crippen molar-refractivity contribution >= 4 is 21.6 Å². The summed E-state index contributed by atoms with van der Waals surface area (Å²) in [6.07, 6.45) is 0. The van der Waals surface area contributed by atoms with Gasteiger partial charge in [0.1, 0.15) is 0 Å². The minimum Gasteiger partial charge on any atom is -0.481 e. The molecule has 102 valence electrons. The highest BCUT2D eigenvalue weighted by Gasteiger charge is 2.13. The minimum absolute atomic E-state index is 0.700. The van der Waals surface area contributed by atoms with Crippen molar-refractivity contribution in [3.8, 4) is 5.88 Å². The van der Waals surface area contributed by atoms with Crippen molar-refractivity contribution in [2.75, 3.05) is 12.4 Å². The highest BCUT2D eigenvalue weighted by molar-refractivity contribution is 9.10. The van der Waals surface area contributed by atoms with Crippen LogP contribution < -0.4 is 10.1 Å². The summed E-state index contributed by atoms with van der Waals surface area (Å²) < 4.78 is 8.24. The number of ether oxygens (including phenoxy) is 1. The summed E-state index contributed by atoms with van der Waals surface area (Å²) in [6, 6.07) is 6.19. The van der Waals surface area contributed by atoms with E-state index in [1.807, 2.05) is 20.0 Å². The Morgan fingerprint density at radius 1 is 1.37 bits per heavy atom. The summed E-state index contributed by atoms with van der Waals surface area (Å²) in [5.74, 6) is 0.805. The molecule has 1 N–H and O–H groups in total. The molecule has 0 spiro atoms. The van der Waals surface area contributed by atoms with Crippen LogP contribution >= 0.6 is 15.9 Å². The standard InChI is InChI=1S/C14H18BrN3O/c1-9-7-11(15)5-6-13(9)16-8-12-10(2)17-18(3)14(12)19-4/h5-7,16H,8H2,1-4H3. The van der Waals surface area contributed by atoms with Gasteiger partial charge in [-0.3, -0.25) is 0 Å². The molecule has 0 saturated carbocycles. The van der Waals surface area contributed by atoms with E-state index in [0.717, 1.165) is 27.3 Å². The minimum atomic E-state index is 0.700. The van der Waals surface area contributed by atoms with Crippen molar-refractivity contribution in [1.82, 2.24) is 9.78 Å². The largest absolute Gasteiger partial charge is 0.481 e. The first-order chi connectivity index (χ1) is 9.02. The second kappa shape index (κ2) is 5.65. The first kappa shape index (κ1) is 13.9. The maximum Gasteiger partial charge on any atom is 0.216 e. The van der Waals surface area contributed by atoms with Crippen molar-refractivity contribution in [3.05, 3.63) is 39.5 Å². The molecule has 4 nitrogen and oxygen atoms in total. The molecule has 2 aromatic rings. The fraction of sp³-hybridized carbons (Fsp3) is 0.357. The molecule has 1 heterocycles. The molecular weight excluding hydrogens is 306 g/mol. The van der Waals surface area contributed by atoms with Crippen molar-refractivity contribution in [1.29, 1.82) is 0 Å². The number of anilines is 1. The summed E-state index contributed by atoms with van der Waals surface area (Å²) in [4.78, 5) is 0. The zero-order chi connectivity index (χ0) is 14.0. The van der Waals surface area contributed by atoms with Crippen LogP contribution in [0.4, 0.5) is 5.69 Å². The molecule has 1 aromatic heterocycles. The fourth-order valence-electron chi connectivity index (χ4n) is 2.15. The van der Waals surface area contributed by atoms with Crippen LogP contribution in [0.5, 0.6) is 5.88 Å². The van der Waals surface area contributed by atoms with E-state index in [1.54, 1.807) is 11.8 Å². The van der Waals surface area contributed by atoms with Crippen molar-refractivity contribution in [2.24, 2.45) is 7.05 Å². The zero-order valence-electron chi connectivity index (χ0n) is 11.6. The average Bonchev–Trinajstić information content (AvgIpc) is 2.62. The second-order valence-corrected chi connectivity index (χ2v) is 5.43. The number of halogens is 1. The van der Waals surface area contributed by atoms with Gasteiger partial charge in [0.15, 0.2) is 0 Å². The van der Waals surface area contributed by atoms with Gasteiger partial charge in [0.25, 0.3) is 0 Å². The van der Waals surface area contributed by atoms with Gasteiger partial charge in [0.05, 0.1) is 18.4 Å². The number of aryl methyl sites for hydroxylation is 3. The lowest BCUT2D eigenvalue weighted by atomic mass is 10.2. The maximum atomic E-state index is 5.39. The molecule has 0 radical (unpaired) electrons. The molecule has 1 aromatic carbocycles. The molecule has 2 rings (SSSR count). The van der Waals surface area contributed by atoms with Crippen LogP contribution in [0.25, 0.3) is 0 Å². The van der Waals surface area contributed by atoms with Crippen LogP contribution in [-0.2, 0) is 13.6 Å². The fourth-order valence-corrected chi connectivity index (χ4v) is 2.62. The lowest BCUT2D eigenvalue weighted by Crippen LogP contribution is -2.04. The molecule has 0 fully saturated rings. The Hall–Kier alpha value is -1.49. The van der Waals surface area contributed by atoms with Crippen LogP contribution in [0.15, 0.2) is 22.7 Å². The highest BCUT2D eigenvalue weighted by atomic mass is 79.9. The molecule has 0 amide bonds. The monoisotopic (exact) mass is 323 g/mol. The SMILES string of the molecule is COc1c(CNc2ccc(Br)cc2C)c(C)nn1C. The predicted octanol–water partition coefficient (Wildman–Crippen LogP) is 3.42. The van der Waals surface area contributed by atoms with Crippen LogP contribution in [-0.4, -0.2) is 16.9 Å². The Kier molecular flexibility index (Phi) is 4.14. The van der Waals surface area contributed by atoms with E-state index in [1.165, 1.54) is 5.56 Å². The van der Waals surface area contributed by atoms with Crippen molar-refractivity contribution in [3.63, 3.8) is 0 Å². The predicted molar refractivity (Wildman–Crippen MR) is 80.7 cm³/mol. The van der Waals surface area contributed by atoms with E-state index < -0.39 is 0 Å². The number of nitrogens with one attached hydrogen (secondary N) is 1. The summed E-state index contributed by atoms with van der Waals surface area (Å²) in [5, 5.41) is 7.81. The Balaban J connectivity index is 2.19. The van der Waals surface area contributed by atoms with Crippen LogP contribution in [0, 0.1) is 13.8 Å². The number of aromatic nitrogens is 2. The summed E-state index contributed by atoms with van der Waals surface area (Å²) in [5.41, 5.74) is 4.40. The number of rotatable bonds is 4. The third-order valence-electron chi connectivity index (χ3n) is 3.13. The van der Waals surface area contributed by atoms with Crippen LogP contribution in [0.1, 0.15) is 16.8 Å². The van der Waals surface area contributed by atoms with Gasteiger partial charge < -0.3 is 10.1 Å². The van der Waals surface area contributed by atoms with Gasteiger partial charge in [-0.1, -0.05) is 15.9 Å². The molecule has 19 heavy (non-hydrogen) atoms. The summed E-state index contributed by atoms with van der Waals surface area (Å²) >= 11 is 3.47. The van der Waals surface area contributed by atoms with Gasteiger partial charge >= 0.3 is 0 Å². The van der Waals surface area contributed by atoms with Gasteiger partial charge in [-0.05, 0) is 37.6 Å². The van der Waals surface area contributed by atoms with E-state index in [-0.39, 0.29) is 0 Å². The molecule has 0 atom stereocenters. The number of methoxy groups -OCH3 is 1. The number of hydrogen-bond donors (Lipinski definition) is 1. The van der Waals surface area contributed by atoms with E-state index in [4.69, 9.17) is 4.74 Å². The molecule has 0 aliphatic carbocycles. The van der Waals surface area contributed by atoms with Gasteiger partial charge in [-0.25, -0.2) is 4.68 Å². The number of hydrogen-bond acceptors (Lipinski definition) is 3. The highest BCUT2D eigenvalue weighted by Crippen LogP contribution is 2.24. The van der Waals surface area contributed by atoms with E-state index in [0.29, 0.717) is 6.54 Å². The maximum absolute atomic E-state index is 5.39. The third kappa shape index (κ3) is 2.92. The van der Waals surface area contributed by atoms with E-state index >= 15 is 0 Å². The summed E-state index contributed by atoms with van der Waals surface area (Å²) in [7, 11) is 3.56. The van der Waals surface area contributed by atoms with Gasteiger partial charge in [-0.15, -0.1) is 0 Å². The van der Waals surface area contributed by atoms with Gasteiger partial charge in [0.2, 0.25) is 5.88 Å². The Bertz CT molecular complexity index is 593. The van der Waals surface area contributed by atoms with Crippen LogP contribution in [0.3, 0.4) is 0 Å². The van der Waals surface area contributed by atoms with E-state index in [2.05, 4.69) is 45.4 Å². The van der Waals surface area contributed by atoms with Crippen molar-refractivity contribution < 1.29 is 4.74 Å². The normalized spacial score (nSPS) is 10.6. The molecule has 0 aliphatic heterocycles. The number of nitrogens with zero attached hydrogens (tertiary/aromatic N) is 2. The Morgan fingerprint density at radius 2 is 2.11 bits per heavy atom. The van der Waals surface area contributed by atoms with E-state index in [9.17, 15) is 0 Å². The lowest BCUT2D eigenvalue weighted by Gasteiger charge is -2.11. The number of benzene rings is 1. The van der Waals surface area contributed by atoms with Crippen LogP contribution in [0.2, 0.25) is 0 Å². The topological polar surface area (TPSA) is 39.1 Å².